The van der Waals surface area contributed by atoms with E-state index in [1.165, 1.54) is 0 Å². The van der Waals surface area contributed by atoms with Crippen LogP contribution in [0.1, 0.15) is 0 Å². The molecule has 1 aromatic carbocycles. The fourth-order valence-corrected chi connectivity index (χ4v) is 4.34. The van der Waals surface area contributed by atoms with Crippen LogP contribution in [0.2, 0.25) is 0 Å². The number of nitrogens with one attached hydrogen (secondary N) is 3. The fourth-order valence-electron chi connectivity index (χ4n) is 3.43. The SMILES string of the molecule is O=C(Nc1ccc2nc(-c3ccc[nH]3)c(-c3ccc[nH]3)nc2c1)N1CCSCC1. The largest absolute Gasteiger partial charge is 0.360 e. The van der Waals surface area contributed by atoms with Gasteiger partial charge in [0.05, 0.1) is 22.4 Å². The minimum Gasteiger partial charge on any atom is -0.360 e. The highest BCUT2D eigenvalue weighted by Crippen LogP contribution is 2.30. The highest BCUT2D eigenvalue weighted by molar-refractivity contribution is 7.99. The summed E-state index contributed by atoms with van der Waals surface area (Å²) < 4.78 is 0. The van der Waals surface area contributed by atoms with Gasteiger partial charge in [0.15, 0.2) is 0 Å². The Balaban J connectivity index is 1.52. The van der Waals surface area contributed by atoms with E-state index >= 15 is 0 Å². The van der Waals surface area contributed by atoms with Gasteiger partial charge < -0.3 is 20.2 Å². The topological polar surface area (TPSA) is 89.7 Å². The molecule has 3 N–H and O–H groups in total. The van der Waals surface area contributed by atoms with E-state index in [0.29, 0.717) is 0 Å². The molecule has 29 heavy (non-hydrogen) atoms. The molecular formula is C21H20N6OS. The highest BCUT2D eigenvalue weighted by atomic mass is 32.2. The molecular weight excluding hydrogens is 384 g/mol. The molecule has 1 saturated heterocycles. The number of benzene rings is 1. The number of fused-ring (bicyclic) bond motifs is 1. The van der Waals surface area contributed by atoms with Gasteiger partial charge in [-0.1, -0.05) is 0 Å². The Kier molecular flexibility index (Phi) is 4.69. The molecule has 1 aliphatic heterocycles. The lowest BCUT2D eigenvalue weighted by Crippen LogP contribution is -2.40. The number of anilines is 1. The molecule has 4 heterocycles. The van der Waals surface area contributed by atoms with Crippen LogP contribution in [0.3, 0.4) is 0 Å². The summed E-state index contributed by atoms with van der Waals surface area (Å²) in [5.41, 5.74) is 5.58. The first-order valence-corrected chi connectivity index (χ1v) is 10.7. The van der Waals surface area contributed by atoms with Gasteiger partial charge >= 0.3 is 6.03 Å². The summed E-state index contributed by atoms with van der Waals surface area (Å²) in [6.07, 6.45) is 3.74. The smallest absolute Gasteiger partial charge is 0.321 e. The standard InChI is InChI=1S/C21H20N6OS/c28-21(27-9-11-29-12-10-27)24-14-5-6-15-18(13-14)26-20(17-4-2-8-23-17)19(25-15)16-3-1-7-22-16/h1-8,13,22-23H,9-12H2,(H,24,28). The lowest BCUT2D eigenvalue weighted by molar-refractivity contribution is 0.217. The number of aromatic amines is 2. The molecule has 1 fully saturated rings. The molecule has 0 unspecified atom stereocenters. The van der Waals surface area contributed by atoms with Crippen LogP contribution >= 0.6 is 11.8 Å². The second kappa shape index (κ2) is 7.63. The number of rotatable bonds is 3. The Morgan fingerprint density at radius 2 is 1.59 bits per heavy atom. The number of amides is 2. The van der Waals surface area contributed by atoms with Gasteiger partial charge in [-0.15, -0.1) is 0 Å². The van der Waals surface area contributed by atoms with E-state index in [2.05, 4.69) is 15.3 Å². The first-order valence-electron chi connectivity index (χ1n) is 9.51. The van der Waals surface area contributed by atoms with E-state index < -0.39 is 0 Å². The summed E-state index contributed by atoms with van der Waals surface area (Å²) in [5, 5.41) is 3.00. The molecule has 0 bridgehead atoms. The van der Waals surface area contributed by atoms with Crippen molar-refractivity contribution in [3.63, 3.8) is 0 Å². The molecule has 0 spiro atoms. The average molecular weight is 404 g/mol. The molecule has 146 valence electrons. The molecule has 1 aliphatic rings. The predicted molar refractivity (Wildman–Crippen MR) is 117 cm³/mol. The molecule has 0 atom stereocenters. The van der Waals surface area contributed by atoms with Crippen LogP contribution < -0.4 is 5.32 Å². The molecule has 7 nitrogen and oxygen atoms in total. The number of carbonyl (C=O) groups is 1. The van der Waals surface area contributed by atoms with Crippen molar-refractivity contribution >= 4 is 34.5 Å². The monoisotopic (exact) mass is 404 g/mol. The normalized spacial score (nSPS) is 14.3. The van der Waals surface area contributed by atoms with E-state index in [1.54, 1.807) is 0 Å². The maximum Gasteiger partial charge on any atom is 0.321 e. The van der Waals surface area contributed by atoms with Gasteiger partial charge in [0, 0.05) is 42.7 Å². The summed E-state index contributed by atoms with van der Waals surface area (Å²) in [7, 11) is 0. The lowest BCUT2D eigenvalue weighted by atomic mass is 10.1. The molecule has 3 aromatic heterocycles. The second-order valence-corrected chi connectivity index (χ2v) is 8.05. The molecule has 2 amide bonds. The zero-order chi connectivity index (χ0) is 19.6. The van der Waals surface area contributed by atoms with Gasteiger partial charge in [-0.2, -0.15) is 11.8 Å². The Morgan fingerprint density at radius 3 is 2.21 bits per heavy atom. The minimum absolute atomic E-state index is 0.0646. The molecule has 5 rings (SSSR count). The molecule has 0 aliphatic carbocycles. The average Bonchev–Trinajstić information content (AvgIpc) is 3.47. The highest BCUT2D eigenvalue weighted by Gasteiger charge is 2.18. The van der Waals surface area contributed by atoms with Crippen molar-refractivity contribution in [2.45, 2.75) is 0 Å². The number of hydrogen-bond acceptors (Lipinski definition) is 4. The van der Waals surface area contributed by atoms with Gasteiger partial charge in [-0.05, 0) is 42.5 Å². The Hall–Kier alpha value is -3.26. The van der Waals surface area contributed by atoms with Crippen molar-refractivity contribution < 1.29 is 4.79 Å². The van der Waals surface area contributed by atoms with Crippen molar-refractivity contribution in [2.24, 2.45) is 0 Å². The first kappa shape index (κ1) is 17.8. The maximum absolute atomic E-state index is 12.5. The van der Waals surface area contributed by atoms with Gasteiger partial charge in [0.25, 0.3) is 0 Å². The lowest BCUT2D eigenvalue weighted by Gasteiger charge is -2.26. The van der Waals surface area contributed by atoms with Gasteiger partial charge in [-0.3, -0.25) is 0 Å². The van der Waals surface area contributed by atoms with E-state index in [4.69, 9.17) is 9.97 Å². The molecule has 4 aromatic rings. The van der Waals surface area contributed by atoms with Gasteiger partial charge in [0.1, 0.15) is 11.4 Å². The number of hydrogen-bond donors (Lipinski definition) is 3. The number of nitrogens with zero attached hydrogens (tertiary/aromatic N) is 3. The van der Waals surface area contributed by atoms with Crippen LogP contribution in [0.4, 0.5) is 10.5 Å². The quantitative estimate of drug-likeness (QED) is 0.477. The molecule has 8 heteroatoms. The molecule has 0 saturated carbocycles. The third-order valence-corrected chi connectivity index (χ3v) is 5.86. The maximum atomic E-state index is 12.5. The van der Waals surface area contributed by atoms with Crippen LogP contribution in [0.5, 0.6) is 0 Å². The number of aromatic nitrogens is 4. The van der Waals surface area contributed by atoms with Crippen LogP contribution in [-0.2, 0) is 0 Å². The molecule has 0 radical (unpaired) electrons. The summed E-state index contributed by atoms with van der Waals surface area (Å²) in [4.78, 5) is 30.5. The fraction of sp³-hybridized carbons (Fsp3) is 0.190. The zero-order valence-corrected chi connectivity index (χ0v) is 16.5. The van der Waals surface area contributed by atoms with E-state index in [-0.39, 0.29) is 6.03 Å². The first-order chi connectivity index (χ1) is 14.3. The Bertz CT molecular complexity index is 1130. The number of urea groups is 1. The second-order valence-electron chi connectivity index (χ2n) is 6.82. The van der Waals surface area contributed by atoms with Crippen molar-refractivity contribution in [1.29, 1.82) is 0 Å². The van der Waals surface area contributed by atoms with Gasteiger partial charge in [0.2, 0.25) is 0 Å². The van der Waals surface area contributed by atoms with Crippen LogP contribution in [0, 0.1) is 0 Å². The number of thioether (sulfide) groups is 1. The Labute approximate surface area is 171 Å². The predicted octanol–water partition coefficient (Wildman–Crippen LogP) is 4.20. The summed E-state index contributed by atoms with van der Waals surface area (Å²) in [5.74, 6) is 1.97. The van der Waals surface area contributed by atoms with Crippen molar-refractivity contribution in [2.75, 3.05) is 29.9 Å². The van der Waals surface area contributed by atoms with E-state index in [1.807, 2.05) is 71.5 Å². The van der Waals surface area contributed by atoms with Crippen LogP contribution in [0.15, 0.2) is 54.9 Å². The van der Waals surface area contributed by atoms with E-state index in [9.17, 15) is 4.79 Å². The summed E-state index contributed by atoms with van der Waals surface area (Å²) >= 11 is 1.88. The number of H-pyrrole nitrogens is 2. The zero-order valence-electron chi connectivity index (χ0n) is 15.7. The van der Waals surface area contributed by atoms with Crippen molar-refractivity contribution in [3.05, 3.63) is 54.9 Å². The Morgan fingerprint density at radius 1 is 0.931 bits per heavy atom. The van der Waals surface area contributed by atoms with E-state index in [0.717, 1.165) is 64.1 Å². The third-order valence-electron chi connectivity index (χ3n) is 4.92. The van der Waals surface area contributed by atoms with Crippen LogP contribution in [-0.4, -0.2) is 55.5 Å². The summed E-state index contributed by atoms with van der Waals surface area (Å²) in [6, 6.07) is 13.4. The number of carbonyl (C=O) groups excluding carboxylic acids is 1. The van der Waals surface area contributed by atoms with Gasteiger partial charge in [-0.25, -0.2) is 14.8 Å². The summed E-state index contributed by atoms with van der Waals surface area (Å²) in [6.45, 7) is 1.56. The van der Waals surface area contributed by atoms with Crippen LogP contribution in [0.25, 0.3) is 33.8 Å². The third kappa shape index (κ3) is 3.58. The van der Waals surface area contributed by atoms with Crippen molar-refractivity contribution in [3.8, 4) is 22.8 Å². The minimum atomic E-state index is -0.0646. The van der Waals surface area contributed by atoms with Crippen molar-refractivity contribution in [1.82, 2.24) is 24.8 Å².